The van der Waals surface area contributed by atoms with E-state index in [0.717, 1.165) is 25.7 Å². The summed E-state index contributed by atoms with van der Waals surface area (Å²) in [7, 11) is 0. The van der Waals surface area contributed by atoms with Gasteiger partial charge in [-0.25, -0.2) is 0 Å². The van der Waals surface area contributed by atoms with Crippen molar-refractivity contribution in [2.45, 2.75) is 156 Å². The molecule has 1 saturated carbocycles. The van der Waals surface area contributed by atoms with Gasteiger partial charge in [-0.3, -0.25) is 28.8 Å². The predicted octanol–water partition coefficient (Wildman–Crippen LogP) is 2.79. The van der Waals surface area contributed by atoms with E-state index in [-0.39, 0.29) is 56.8 Å². The van der Waals surface area contributed by atoms with Gasteiger partial charge in [-0.15, -0.1) is 0 Å². The molecule has 0 aliphatic heterocycles. The van der Waals surface area contributed by atoms with Crippen LogP contribution in [0.25, 0.3) is 0 Å². The highest BCUT2D eigenvalue weighted by Crippen LogP contribution is 2.28. The predicted molar refractivity (Wildman–Crippen MR) is 181 cm³/mol. The van der Waals surface area contributed by atoms with Crippen LogP contribution >= 0.6 is 0 Å². The molecule has 13 heteroatoms. The standard InChI is InChI=1S/C33H59N5O8.CH4/c1-7-13-23(35-33(46)29(21(6)8-2)37-26(40)16-12-17-28(42)43)31(44)36-24(18-20(4)5)25(39)19-27(41)38-30(32(45)34-9-3)22-14-10-11-15-22;/h20-25,29-30,39H,7-19H2,1-6H3,(H,34,45)(H,35,46)(H,36,44)(H,37,40)(H,38,41)(H,42,43);1H4/t21-,23+,24+,25+,29+,30+;/m1./s1. The van der Waals surface area contributed by atoms with Gasteiger partial charge < -0.3 is 36.8 Å². The van der Waals surface area contributed by atoms with E-state index in [2.05, 4.69) is 26.6 Å². The van der Waals surface area contributed by atoms with E-state index in [1.807, 2.05) is 34.6 Å². The summed E-state index contributed by atoms with van der Waals surface area (Å²) >= 11 is 0. The van der Waals surface area contributed by atoms with E-state index >= 15 is 0 Å². The first kappa shape index (κ1) is 43.8. The van der Waals surface area contributed by atoms with Gasteiger partial charge in [0, 0.05) is 19.4 Å². The van der Waals surface area contributed by atoms with E-state index in [0.29, 0.717) is 32.2 Å². The molecule has 47 heavy (non-hydrogen) atoms. The average molecular weight is 670 g/mol. The summed E-state index contributed by atoms with van der Waals surface area (Å²) in [6.07, 6.45) is 3.88. The molecule has 0 unspecified atom stereocenters. The van der Waals surface area contributed by atoms with Crippen molar-refractivity contribution >= 4 is 35.5 Å². The molecular formula is C34H63N5O8. The quantitative estimate of drug-likeness (QED) is 0.0911. The third-order valence-electron chi connectivity index (χ3n) is 8.55. The third kappa shape index (κ3) is 16.4. The van der Waals surface area contributed by atoms with Crippen molar-refractivity contribution in [2.24, 2.45) is 17.8 Å². The van der Waals surface area contributed by atoms with Crippen LogP contribution in [0.2, 0.25) is 0 Å². The van der Waals surface area contributed by atoms with Crippen LogP contribution in [0.4, 0.5) is 0 Å². The lowest BCUT2D eigenvalue weighted by Gasteiger charge is -2.30. The molecule has 0 aromatic carbocycles. The molecule has 6 atom stereocenters. The minimum Gasteiger partial charge on any atom is -0.481 e. The Balaban J connectivity index is 0.0000212. The first-order valence-corrected chi connectivity index (χ1v) is 17.1. The average Bonchev–Trinajstić information content (AvgIpc) is 3.52. The maximum atomic E-state index is 13.5. The van der Waals surface area contributed by atoms with E-state index in [1.165, 1.54) is 0 Å². The second-order valence-electron chi connectivity index (χ2n) is 13.0. The lowest BCUT2D eigenvalue weighted by molar-refractivity contribution is -0.137. The Labute approximate surface area is 281 Å². The van der Waals surface area contributed by atoms with Crippen molar-refractivity contribution in [3.8, 4) is 0 Å². The number of hydrogen-bond donors (Lipinski definition) is 7. The van der Waals surface area contributed by atoms with Gasteiger partial charge in [-0.2, -0.15) is 0 Å². The minimum absolute atomic E-state index is 0. The highest BCUT2D eigenvalue weighted by atomic mass is 16.4. The summed E-state index contributed by atoms with van der Waals surface area (Å²) in [5, 5.41) is 33.9. The van der Waals surface area contributed by atoms with E-state index in [1.54, 1.807) is 6.92 Å². The zero-order valence-corrected chi connectivity index (χ0v) is 28.7. The molecule has 0 saturated heterocycles. The fourth-order valence-corrected chi connectivity index (χ4v) is 5.81. The van der Waals surface area contributed by atoms with E-state index in [4.69, 9.17) is 5.11 Å². The first-order valence-electron chi connectivity index (χ1n) is 17.1. The molecule has 1 fully saturated rings. The summed E-state index contributed by atoms with van der Waals surface area (Å²) in [6.45, 7) is 11.7. The van der Waals surface area contributed by atoms with Crippen LogP contribution in [-0.2, 0) is 28.8 Å². The normalized spacial score (nSPS) is 16.9. The summed E-state index contributed by atoms with van der Waals surface area (Å²) in [6, 6.07) is -3.34. The molecule has 0 aromatic rings. The number of aliphatic hydroxyl groups excluding tert-OH is 1. The molecule has 0 bridgehead atoms. The number of nitrogens with one attached hydrogen (secondary N) is 5. The number of carboxylic acids is 1. The first-order chi connectivity index (χ1) is 21.7. The number of amides is 5. The summed E-state index contributed by atoms with van der Waals surface area (Å²) in [4.78, 5) is 75.9. The summed E-state index contributed by atoms with van der Waals surface area (Å²) in [5.41, 5.74) is 0. The second-order valence-corrected chi connectivity index (χ2v) is 13.0. The Bertz CT molecular complexity index is 1000. The Kier molecular flexibility index (Phi) is 21.6. The molecule has 1 aliphatic carbocycles. The number of rotatable bonds is 22. The molecule has 5 amide bonds. The molecule has 272 valence electrons. The smallest absolute Gasteiger partial charge is 0.303 e. The van der Waals surface area contributed by atoms with Gasteiger partial charge in [0.2, 0.25) is 29.5 Å². The molecule has 0 aromatic heterocycles. The highest BCUT2D eigenvalue weighted by molar-refractivity contribution is 5.92. The molecule has 0 spiro atoms. The van der Waals surface area contributed by atoms with Crippen LogP contribution in [0.1, 0.15) is 126 Å². The number of hydrogen-bond acceptors (Lipinski definition) is 7. The van der Waals surface area contributed by atoms with E-state index in [9.17, 15) is 33.9 Å². The van der Waals surface area contributed by atoms with Crippen molar-refractivity contribution in [3.05, 3.63) is 0 Å². The topological polar surface area (TPSA) is 203 Å². The lowest BCUT2D eigenvalue weighted by atomic mass is 9.94. The van der Waals surface area contributed by atoms with Crippen molar-refractivity contribution < 1.29 is 39.0 Å². The molecule has 1 aliphatic rings. The highest BCUT2D eigenvalue weighted by Gasteiger charge is 2.34. The zero-order chi connectivity index (χ0) is 34.8. The molecule has 0 heterocycles. The maximum Gasteiger partial charge on any atom is 0.303 e. The fraction of sp³-hybridized carbons (Fsp3) is 0.824. The third-order valence-corrected chi connectivity index (χ3v) is 8.55. The Morgan fingerprint density at radius 2 is 1.45 bits per heavy atom. The Hall–Kier alpha value is -3.22. The number of aliphatic hydroxyl groups is 1. The number of aliphatic carboxylic acids is 1. The van der Waals surface area contributed by atoms with Gasteiger partial charge in [-0.05, 0) is 56.8 Å². The van der Waals surface area contributed by atoms with Gasteiger partial charge in [0.15, 0.2) is 0 Å². The van der Waals surface area contributed by atoms with Crippen LogP contribution in [-0.4, -0.2) is 82.5 Å². The summed E-state index contributed by atoms with van der Waals surface area (Å²) < 4.78 is 0. The van der Waals surface area contributed by atoms with Crippen molar-refractivity contribution in [2.75, 3.05) is 6.54 Å². The molecular weight excluding hydrogens is 606 g/mol. The molecule has 13 nitrogen and oxygen atoms in total. The maximum absolute atomic E-state index is 13.5. The number of likely N-dealkylation sites (N-methyl/N-ethyl adjacent to an activating group) is 1. The van der Waals surface area contributed by atoms with Crippen molar-refractivity contribution in [1.82, 2.24) is 26.6 Å². The molecule has 7 N–H and O–H groups in total. The van der Waals surface area contributed by atoms with Crippen LogP contribution in [0.3, 0.4) is 0 Å². The van der Waals surface area contributed by atoms with Crippen molar-refractivity contribution in [1.29, 1.82) is 0 Å². The monoisotopic (exact) mass is 669 g/mol. The minimum atomic E-state index is -1.24. The van der Waals surface area contributed by atoms with Gasteiger partial charge in [0.25, 0.3) is 0 Å². The van der Waals surface area contributed by atoms with Gasteiger partial charge in [0.05, 0.1) is 18.6 Å². The van der Waals surface area contributed by atoms with E-state index < -0.39 is 59.9 Å². The Morgan fingerprint density at radius 1 is 0.809 bits per heavy atom. The lowest BCUT2D eigenvalue weighted by Crippen LogP contribution is -2.58. The molecule has 1 rings (SSSR count). The van der Waals surface area contributed by atoms with Crippen molar-refractivity contribution in [3.63, 3.8) is 0 Å². The van der Waals surface area contributed by atoms with Gasteiger partial charge >= 0.3 is 5.97 Å². The zero-order valence-electron chi connectivity index (χ0n) is 28.7. The van der Waals surface area contributed by atoms with Crippen LogP contribution in [0.5, 0.6) is 0 Å². The second kappa shape index (κ2) is 23.2. The number of carbonyl (C=O) groups is 6. The largest absolute Gasteiger partial charge is 0.481 e. The SMILES string of the molecule is C.CCC[C@H](NC(=O)[C@@H](NC(=O)CCCC(=O)O)[C@H](C)CC)C(=O)N[C@@H](CC(C)C)[C@@H](O)CC(=O)N[C@H](C(=O)NCC)C1CCCC1. The van der Waals surface area contributed by atoms with Gasteiger partial charge in [0.1, 0.15) is 18.1 Å². The number of carbonyl (C=O) groups excluding carboxylic acids is 5. The van der Waals surface area contributed by atoms with Crippen LogP contribution in [0, 0.1) is 17.8 Å². The molecule has 0 radical (unpaired) electrons. The van der Waals surface area contributed by atoms with Crippen LogP contribution < -0.4 is 26.6 Å². The van der Waals surface area contributed by atoms with Crippen LogP contribution in [0.15, 0.2) is 0 Å². The number of carboxylic acid groups (broad SMARTS) is 1. The fourth-order valence-electron chi connectivity index (χ4n) is 5.81. The summed E-state index contributed by atoms with van der Waals surface area (Å²) in [5.74, 6) is -3.37. The Morgan fingerprint density at radius 3 is 1.98 bits per heavy atom. The van der Waals surface area contributed by atoms with Gasteiger partial charge in [-0.1, -0.05) is 67.7 Å².